The Morgan fingerprint density at radius 3 is 1.22 bits per heavy atom. The summed E-state index contributed by atoms with van der Waals surface area (Å²) in [6.45, 7) is 0. The molecule has 3 nitrogen and oxygen atoms in total. The van der Waals surface area contributed by atoms with E-state index < -0.39 is 0 Å². The standard InChI is InChI=1S/C6H6O2.H2O/c7-5-1-2-6(8)4-3-5;/h1-4,7-8H;1H2. The van der Waals surface area contributed by atoms with Crippen LogP contribution in [0.15, 0.2) is 24.3 Å². The second kappa shape index (κ2) is 2.94. The van der Waals surface area contributed by atoms with Crippen LogP contribution in [0.25, 0.3) is 0 Å². The maximum Gasteiger partial charge on any atom is 0.115 e. The van der Waals surface area contributed by atoms with Crippen molar-refractivity contribution in [1.29, 1.82) is 0 Å². The molecular weight excluding hydrogens is 120 g/mol. The molecule has 0 bridgehead atoms. The molecule has 0 aliphatic heterocycles. The number of phenols is 2. The first-order chi connectivity index (χ1) is 3.79. The van der Waals surface area contributed by atoms with E-state index in [4.69, 9.17) is 10.2 Å². The van der Waals surface area contributed by atoms with E-state index in [0.29, 0.717) is 0 Å². The molecule has 0 heterocycles. The van der Waals surface area contributed by atoms with E-state index >= 15 is 0 Å². The summed E-state index contributed by atoms with van der Waals surface area (Å²) in [5, 5.41) is 17.3. The quantitative estimate of drug-likeness (QED) is 0.492. The van der Waals surface area contributed by atoms with Crippen molar-refractivity contribution in [2.45, 2.75) is 0 Å². The molecule has 0 amide bonds. The van der Waals surface area contributed by atoms with Gasteiger partial charge in [-0.1, -0.05) is 0 Å². The molecule has 4 N–H and O–H groups in total. The summed E-state index contributed by atoms with van der Waals surface area (Å²) in [6, 6.07) is 5.70. The third-order valence-electron chi connectivity index (χ3n) is 0.850. The second-order valence-electron chi connectivity index (χ2n) is 1.52. The summed E-state index contributed by atoms with van der Waals surface area (Å²) < 4.78 is 0. The number of phenolic OH excluding ortho intramolecular Hbond substituents is 2. The fraction of sp³-hybridized carbons (Fsp3) is 0. The first-order valence-corrected chi connectivity index (χ1v) is 2.27. The van der Waals surface area contributed by atoms with E-state index in [1.807, 2.05) is 0 Å². The first-order valence-electron chi connectivity index (χ1n) is 2.27. The molecule has 0 spiro atoms. The lowest BCUT2D eigenvalue weighted by atomic mass is 10.3. The van der Waals surface area contributed by atoms with Gasteiger partial charge in [0, 0.05) is 0 Å². The van der Waals surface area contributed by atoms with Crippen LogP contribution in [0, 0.1) is 0 Å². The van der Waals surface area contributed by atoms with Crippen LogP contribution in [0.2, 0.25) is 0 Å². The molecule has 1 aromatic carbocycles. The smallest absolute Gasteiger partial charge is 0.115 e. The van der Waals surface area contributed by atoms with Crippen molar-refractivity contribution in [3.63, 3.8) is 0 Å². The lowest BCUT2D eigenvalue weighted by molar-refractivity contribution is 0.460. The molecule has 0 saturated heterocycles. The van der Waals surface area contributed by atoms with E-state index in [1.54, 1.807) is 0 Å². The van der Waals surface area contributed by atoms with Crippen molar-refractivity contribution in [2.24, 2.45) is 0 Å². The summed E-state index contributed by atoms with van der Waals surface area (Å²) >= 11 is 0. The molecule has 50 valence electrons. The molecule has 1 rings (SSSR count). The highest BCUT2D eigenvalue weighted by molar-refractivity contribution is 5.28. The molecule has 0 aromatic heterocycles. The predicted molar refractivity (Wildman–Crippen MR) is 33.4 cm³/mol. The number of rotatable bonds is 0. The molecule has 0 fully saturated rings. The Bertz CT molecular complexity index is 147. The normalized spacial score (nSPS) is 8.00. The Morgan fingerprint density at radius 1 is 0.778 bits per heavy atom. The van der Waals surface area contributed by atoms with E-state index in [-0.39, 0.29) is 17.0 Å². The third-order valence-corrected chi connectivity index (χ3v) is 0.850. The molecule has 0 radical (unpaired) electrons. The monoisotopic (exact) mass is 128 g/mol. The summed E-state index contributed by atoms with van der Waals surface area (Å²) in [4.78, 5) is 0. The summed E-state index contributed by atoms with van der Waals surface area (Å²) in [6.07, 6.45) is 0. The maximum atomic E-state index is 8.65. The Morgan fingerprint density at radius 2 is 1.00 bits per heavy atom. The van der Waals surface area contributed by atoms with Gasteiger partial charge in [0.05, 0.1) is 0 Å². The summed E-state index contributed by atoms with van der Waals surface area (Å²) in [7, 11) is 0. The highest BCUT2D eigenvalue weighted by atomic mass is 16.3. The Kier molecular flexibility index (Phi) is 2.54. The Balaban J connectivity index is 0.000000640. The van der Waals surface area contributed by atoms with Gasteiger partial charge in [-0.2, -0.15) is 0 Å². The lowest BCUT2D eigenvalue weighted by Crippen LogP contribution is -1.61. The van der Waals surface area contributed by atoms with Gasteiger partial charge >= 0.3 is 0 Å². The van der Waals surface area contributed by atoms with Gasteiger partial charge in [0.15, 0.2) is 0 Å². The van der Waals surface area contributed by atoms with Crippen LogP contribution in [-0.2, 0) is 0 Å². The molecule has 0 unspecified atom stereocenters. The summed E-state index contributed by atoms with van der Waals surface area (Å²) in [5.74, 6) is 0.339. The largest absolute Gasteiger partial charge is 0.508 e. The van der Waals surface area contributed by atoms with Crippen molar-refractivity contribution < 1.29 is 15.7 Å². The van der Waals surface area contributed by atoms with Crippen molar-refractivity contribution in [3.8, 4) is 11.5 Å². The minimum Gasteiger partial charge on any atom is -0.508 e. The number of hydrogen-bond acceptors (Lipinski definition) is 2. The van der Waals surface area contributed by atoms with Gasteiger partial charge in [0.25, 0.3) is 0 Å². The SMILES string of the molecule is O.Oc1ccc(O)cc1. The van der Waals surface area contributed by atoms with Crippen LogP contribution in [0.5, 0.6) is 11.5 Å². The zero-order chi connectivity index (χ0) is 5.98. The van der Waals surface area contributed by atoms with Crippen LogP contribution in [0.3, 0.4) is 0 Å². The summed E-state index contributed by atoms with van der Waals surface area (Å²) in [5.41, 5.74) is 0. The average molecular weight is 128 g/mol. The van der Waals surface area contributed by atoms with E-state index in [2.05, 4.69) is 0 Å². The number of hydrogen-bond donors (Lipinski definition) is 2. The molecule has 9 heavy (non-hydrogen) atoms. The van der Waals surface area contributed by atoms with Crippen LogP contribution >= 0.6 is 0 Å². The zero-order valence-electron chi connectivity index (χ0n) is 4.70. The minimum absolute atomic E-state index is 0. The van der Waals surface area contributed by atoms with Gasteiger partial charge in [-0.15, -0.1) is 0 Å². The van der Waals surface area contributed by atoms with Gasteiger partial charge in [0.2, 0.25) is 0 Å². The predicted octanol–water partition coefficient (Wildman–Crippen LogP) is 0.273. The first kappa shape index (κ1) is 7.78. The molecule has 0 aliphatic rings. The van der Waals surface area contributed by atoms with Crippen LogP contribution in [0.1, 0.15) is 0 Å². The second-order valence-corrected chi connectivity index (χ2v) is 1.52. The van der Waals surface area contributed by atoms with Crippen molar-refractivity contribution in [2.75, 3.05) is 0 Å². The van der Waals surface area contributed by atoms with Gasteiger partial charge in [-0.3, -0.25) is 0 Å². The average Bonchev–Trinajstić information content (AvgIpc) is 1.77. The lowest BCUT2D eigenvalue weighted by Gasteiger charge is -1.88. The van der Waals surface area contributed by atoms with E-state index in [9.17, 15) is 0 Å². The fourth-order valence-corrected chi connectivity index (χ4v) is 0.453. The number of aromatic hydroxyl groups is 2. The molecule has 0 atom stereocenters. The number of benzene rings is 1. The molecule has 3 heteroatoms. The van der Waals surface area contributed by atoms with Gasteiger partial charge in [-0.25, -0.2) is 0 Å². The van der Waals surface area contributed by atoms with Crippen LogP contribution in [-0.4, -0.2) is 15.7 Å². The van der Waals surface area contributed by atoms with Gasteiger partial charge in [-0.05, 0) is 24.3 Å². The highest BCUT2D eigenvalue weighted by Crippen LogP contribution is 2.13. The van der Waals surface area contributed by atoms with Crippen molar-refractivity contribution in [3.05, 3.63) is 24.3 Å². The molecule has 0 aliphatic carbocycles. The van der Waals surface area contributed by atoms with Crippen molar-refractivity contribution >= 4 is 0 Å². The Hall–Kier alpha value is -1.22. The third kappa shape index (κ3) is 2.01. The van der Waals surface area contributed by atoms with Gasteiger partial charge in [0.1, 0.15) is 11.5 Å². The topological polar surface area (TPSA) is 72.0 Å². The zero-order valence-corrected chi connectivity index (χ0v) is 4.70. The highest BCUT2D eigenvalue weighted by Gasteiger charge is 1.84. The van der Waals surface area contributed by atoms with Crippen molar-refractivity contribution in [1.82, 2.24) is 0 Å². The van der Waals surface area contributed by atoms with E-state index in [1.165, 1.54) is 24.3 Å². The van der Waals surface area contributed by atoms with Gasteiger partial charge < -0.3 is 15.7 Å². The van der Waals surface area contributed by atoms with Crippen LogP contribution in [0.4, 0.5) is 0 Å². The minimum atomic E-state index is 0. The molecule has 0 saturated carbocycles. The Labute approximate surface area is 52.5 Å². The van der Waals surface area contributed by atoms with Crippen LogP contribution < -0.4 is 0 Å². The fourth-order valence-electron chi connectivity index (χ4n) is 0.453. The molecular formula is C6H8O3. The van der Waals surface area contributed by atoms with E-state index in [0.717, 1.165) is 0 Å². The molecule has 1 aromatic rings. The maximum absolute atomic E-state index is 8.65.